The highest BCUT2D eigenvalue weighted by Crippen LogP contribution is 2.22. The van der Waals surface area contributed by atoms with Crippen LogP contribution >= 0.6 is 23.8 Å². The van der Waals surface area contributed by atoms with Crippen LogP contribution in [0.2, 0.25) is 5.02 Å². The van der Waals surface area contributed by atoms with Gasteiger partial charge in [0, 0.05) is 12.2 Å². The van der Waals surface area contributed by atoms with Crippen LogP contribution in [0, 0.1) is 4.77 Å². The maximum Gasteiger partial charge on any atom is 0.179 e. The fourth-order valence-corrected chi connectivity index (χ4v) is 2.48. The van der Waals surface area contributed by atoms with Gasteiger partial charge in [0.25, 0.3) is 0 Å². The van der Waals surface area contributed by atoms with Crippen LogP contribution in [0.4, 0.5) is 0 Å². The van der Waals surface area contributed by atoms with Gasteiger partial charge in [-0.2, -0.15) is 0 Å². The number of fused-ring (bicyclic) bond motifs is 1. The summed E-state index contributed by atoms with van der Waals surface area (Å²) in [6.45, 7) is 4.32. The van der Waals surface area contributed by atoms with Crippen LogP contribution < -0.4 is 0 Å². The predicted molar refractivity (Wildman–Crippen MR) is 69.5 cm³/mol. The molecule has 0 saturated heterocycles. The number of H-pyrrole nitrogens is 1. The molecule has 0 amide bonds. The lowest BCUT2D eigenvalue weighted by atomic mass is 10.2. The number of hydrogen-bond donors (Lipinski definition) is 1. The minimum atomic E-state index is 0.361. The fraction of sp³-hybridized carbons (Fsp3) is 0.455. The Morgan fingerprint density at radius 3 is 3.06 bits per heavy atom. The molecule has 0 aliphatic rings. The van der Waals surface area contributed by atoms with Crippen molar-refractivity contribution in [2.24, 2.45) is 0 Å². The molecule has 0 aromatic carbocycles. The standard InChI is InChI=1S/C11H14ClN3S/c1-3-4-7(2)15-10-9(14-11(15)16)5-8(12)6-13-10/h5-7H,3-4H2,1-2H3,(H,14,16). The summed E-state index contributed by atoms with van der Waals surface area (Å²) in [6, 6.07) is 2.22. The molecule has 2 aromatic heterocycles. The fourth-order valence-electron chi connectivity index (χ4n) is 1.94. The number of pyridine rings is 1. The lowest BCUT2D eigenvalue weighted by molar-refractivity contribution is 0.505. The zero-order valence-corrected chi connectivity index (χ0v) is 10.9. The second-order valence-electron chi connectivity index (χ2n) is 3.96. The van der Waals surface area contributed by atoms with Gasteiger partial charge in [0.1, 0.15) is 0 Å². The Hall–Kier alpha value is -0.870. The van der Waals surface area contributed by atoms with E-state index in [0.29, 0.717) is 15.8 Å². The van der Waals surface area contributed by atoms with Gasteiger partial charge in [-0.1, -0.05) is 24.9 Å². The van der Waals surface area contributed by atoms with E-state index in [9.17, 15) is 0 Å². The molecule has 0 saturated carbocycles. The monoisotopic (exact) mass is 255 g/mol. The lowest BCUT2D eigenvalue weighted by Gasteiger charge is -2.12. The molecular weight excluding hydrogens is 242 g/mol. The number of aromatic amines is 1. The number of halogens is 1. The van der Waals surface area contributed by atoms with Gasteiger partial charge in [-0.3, -0.25) is 4.57 Å². The lowest BCUT2D eigenvalue weighted by Crippen LogP contribution is -2.05. The van der Waals surface area contributed by atoms with E-state index in [2.05, 4.69) is 28.4 Å². The summed E-state index contributed by atoms with van der Waals surface area (Å²) in [4.78, 5) is 7.48. The Morgan fingerprint density at radius 1 is 1.62 bits per heavy atom. The molecule has 3 nitrogen and oxygen atoms in total. The smallest absolute Gasteiger partial charge is 0.179 e. The molecule has 1 unspecified atom stereocenters. The molecule has 0 bridgehead atoms. The van der Waals surface area contributed by atoms with Crippen molar-refractivity contribution in [2.75, 3.05) is 0 Å². The van der Waals surface area contributed by atoms with Crippen molar-refractivity contribution < 1.29 is 0 Å². The highest BCUT2D eigenvalue weighted by Gasteiger charge is 2.11. The third-order valence-corrected chi connectivity index (χ3v) is 3.17. The first-order valence-corrected chi connectivity index (χ1v) is 6.18. The number of imidazole rings is 1. The van der Waals surface area contributed by atoms with Gasteiger partial charge >= 0.3 is 0 Å². The minimum absolute atomic E-state index is 0.361. The van der Waals surface area contributed by atoms with E-state index in [0.717, 1.165) is 24.0 Å². The molecule has 86 valence electrons. The van der Waals surface area contributed by atoms with Gasteiger partial charge in [-0.05, 0) is 31.6 Å². The highest BCUT2D eigenvalue weighted by molar-refractivity contribution is 7.71. The molecule has 5 heteroatoms. The summed E-state index contributed by atoms with van der Waals surface area (Å²) >= 11 is 11.2. The molecule has 2 aromatic rings. The first kappa shape index (κ1) is 11.6. The molecule has 2 rings (SSSR count). The van der Waals surface area contributed by atoms with Crippen molar-refractivity contribution in [3.63, 3.8) is 0 Å². The largest absolute Gasteiger partial charge is 0.329 e. The van der Waals surface area contributed by atoms with E-state index in [1.807, 2.05) is 6.07 Å². The van der Waals surface area contributed by atoms with E-state index in [1.54, 1.807) is 6.20 Å². The Labute approximate surface area is 104 Å². The summed E-state index contributed by atoms with van der Waals surface area (Å²) in [5.41, 5.74) is 1.79. The molecule has 0 aliphatic heterocycles. The van der Waals surface area contributed by atoms with Crippen LogP contribution in [0.3, 0.4) is 0 Å². The maximum absolute atomic E-state index is 5.90. The maximum atomic E-state index is 5.90. The van der Waals surface area contributed by atoms with E-state index < -0.39 is 0 Å². The first-order valence-electron chi connectivity index (χ1n) is 5.39. The van der Waals surface area contributed by atoms with E-state index >= 15 is 0 Å². The van der Waals surface area contributed by atoms with Crippen LogP contribution in [-0.2, 0) is 0 Å². The number of nitrogens with zero attached hydrogens (tertiary/aromatic N) is 2. The minimum Gasteiger partial charge on any atom is -0.329 e. The van der Waals surface area contributed by atoms with Crippen LogP contribution in [0.25, 0.3) is 11.2 Å². The molecule has 1 atom stereocenters. The zero-order chi connectivity index (χ0) is 11.7. The second-order valence-corrected chi connectivity index (χ2v) is 4.79. The summed E-state index contributed by atoms with van der Waals surface area (Å²) in [5.74, 6) is 0. The third kappa shape index (κ3) is 1.99. The Bertz CT molecular complexity index is 558. The zero-order valence-electron chi connectivity index (χ0n) is 9.33. The van der Waals surface area contributed by atoms with Gasteiger partial charge in [0.15, 0.2) is 10.4 Å². The summed E-state index contributed by atoms with van der Waals surface area (Å²) in [5, 5.41) is 0.624. The SMILES string of the molecule is CCCC(C)n1c(=S)[nH]c2cc(Cl)cnc21. The molecule has 16 heavy (non-hydrogen) atoms. The van der Waals surface area contributed by atoms with Gasteiger partial charge in [0.2, 0.25) is 0 Å². The van der Waals surface area contributed by atoms with E-state index in [-0.39, 0.29) is 0 Å². The van der Waals surface area contributed by atoms with Crippen molar-refractivity contribution in [2.45, 2.75) is 32.7 Å². The number of rotatable bonds is 3. The van der Waals surface area contributed by atoms with Crippen LogP contribution in [0.5, 0.6) is 0 Å². The van der Waals surface area contributed by atoms with Gasteiger partial charge in [0.05, 0.1) is 10.5 Å². The summed E-state index contributed by atoms with van der Waals surface area (Å²) < 4.78 is 2.77. The van der Waals surface area contributed by atoms with Crippen LogP contribution in [0.1, 0.15) is 32.7 Å². The number of aromatic nitrogens is 3. The normalized spacial score (nSPS) is 13.2. The quantitative estimate of drug-likeness (QED) is 0.838. The van der Waals surface area contributed by atoms with E-state index in [4.69, 9.17) is 23.8 Å². The third-order valence-electron chi connectivity index (χ3n) is 2.67. The van der Waals surface area contributed by atoms with Crippen molar-refractivity contribution in [1.82, 2.24) is 14.5 Å². The van der Waals surface area contributed by atoms with Crippen molar-refractivity contribution in [1.29, 1.82) is 0 Å². The van der Waals surface area contributed by atoms with Gasteiger partial charge in [-0.25, -0.2) is 4.98 Å². The van der Waals surface area contributed by atoms with Gasteiger partial charge in [-0.15, -0.1) is 0 Å². The van der Waals surface area contributed by atoms with Crippen LogP contribution in [0.15, 0.2) is 12.3 Å². The number of nitrogens with one attached hydrogen (secondary N) is 1. The summed E-state index contributed by atoms with van der Waals surface area (Å²) in [6.07, 6.45) is 3.87. The summed E-state index contributed by atoms with van der Waals surface area (Å²) in [7, 11) is 0. The molecule has 0 spiro atoms. The van der Waals surface area contributed by atoms with Crippen molar-refractivity contribution in [3.05, 3.63) is 22.1 Å². The molecule has 0 radical (unpaired) electrons. The Kier molecular flexibility index (Phi) is 3.30. The molecule has 2 heterocycles. The topological polar surface area (TPSA) is 33.6 Å². The molecule has 0 aliphatic carbocycles. The molecular formula is C11H14ClN3S. The van der Waals surface area contributed by atoms with Gasteiger partial charge < -0.3 is 4.98 Å². The molecule has 0 fully saturated rings. The van der Waals surface area contributed by atoms with Crippen LogP contribution in [-0.4, -0.2) is 14.5 Å². The second kappa shape index (κ2) is 4.55. The first-order chi connectivity index (χ1) is 7.63. The Balaban J connectivity index is 2.60. The Morgan fingerprint density at radius 2 is 2.38 bits per heavy atom. The average molecular weight is 256 g/mol. The van der Waals surface area contributed by atoms with Crippen molar-refractivity contribution in [3.8, 4) is 0 Å². The predicted octanol–water partition coefficient (Wildman–Crippen LogP) is 4.11. The van der Waals surface area contributed by atoms with Crippen molar-refractivity contribution >= 4 is 35.0 Å². The van der Waals surface area contributed by atoms with E-state index in [1.165, 1.54) is 0 Å². The average Bonchev–Trinajstić information content (AvgIpc) is 2.53. The number of hydrogen-bond acceptors (Lipinski definition) is 2. The molecule has 1 N–H and O–H groups in total. The highest BCUT2D eigenvalue weighted by atomic mass is 35.5.